The minimum atomic E-state index is -0.758. The van der Waals surface area contributed by atoms with Crippen LogP contribution in [0.2, 0.25) is 0 Å². The summed E-state index contributed by atoms with van der Waals surface area (Å²) in [7, 11) is 0. The minimum absolute atomic E-state index is 0.0364. The molecular formula is C16H18F2N4O2S. The summed E-state index contributed by atoms with van der Waals surface area (Å²) >= 11 is 1.02. The number of carbonyl (C=O) groups is 2. The highest BCUT2D eigenvalue weighted by Crippen LogP contribution is 2.29. The van der Waals surface area contributed by atoms with E-state index in [9.17, 15) is 18.4 Å². The molecule has 0 radical (unpaired) electrons. The number of amides is 3. The molecule has 1 saturated heterocycles. The molecule has 2 N–H and O–H groups in total. The number of likely N-dealkylation sites (tertiary alicyclic amines) is 1. The number of halogens is 2. The fourth-order valence-corrected chi connectivity index (χ4v) is 3.76. The maximum Gasteiger partial charge on any atom is 0.317 e. The largest absolute Gasteiger partial charge is 0.338 e. The number of piperidine rings is 1. The lowest BCUT2D eigenvalue weighted by molar-refractivity contribution is -0.121. The summed E-state index contributed by atoms with van der Waals surface area (Å²) in [6.45, 7) is 3.30. The van der Waals surface area contributed by atoms with Crippen LogP contribution in [0.3, 0.4) is 0 Å². The van der Waals surface area contributed by atoms with Gasteiger partial charge in [0.15, 0.2) is 10.9 Å². The number of carbonyl (C=O) groups excluding carboxylic acids is 2. The summed E-state index contributed by atoms with van der Waals surface area (Å²) in [5.74, 6) is -2.07. The van der Waals surface area contributed by atoms with Gasteiger partial charge in [-0.25, -0.2) is 18.6 Å². The second kappa shape index (κ2) is 7.30. The van der Waals surface area contributed by atoms with Gasteiger partial charge < -0.3 is 15.5 Å². The molecule has 1 aliphatic rings. The molecule has 134 valence electrons. The van der Waals surface area contributed by atoms with Crippen LogP contribution in [-0.2, 0) is 4.79 Å². The van der Waals surface area contributed by atoms with Crippen molar-refractivity contribution in [3.8, 4) is 0 Å². The van der Waals surface area contributed by atoms with Gasteiger partial charge in [-0.2, -0.15) is 0 Å². The van der Waals surface area contributed by atoms with E-state index in [1.807, 2.05) is 6.92 Å². The number of fused-ring (bicyclic) bond motifs is 1. The van der Waals surface area contributed by atoms with Crippen LogP contribution >= 0.6 is 11.3 Å². The van der Waals surface area contributed by atoms with Gasteiger partial charge in [-0.3, -0.25) is 4.79 Å². The topological polar surface area (TPSA) is 74.3 Å². The van der Waals surface area contributed by atoms with E-state index >= 15 is 0 Å². The lowest BCUT2D eigenvalue weighted by Crippen LogP contribution is -2.47. The Morgan fingerprint density at radius 1 is 1.40 bits per heavy atom. The number of hydrogen-bond acceptors (Lipinski definition) is 4. The second-order valence-corrected chi connectivity index (χ2v) is 6.89. The van der Waals surface area contributed by atoms with Crippen molar-refractivity contribution in [2.24, 2.45) is 5.92 Å². The molecule has 1 atom stereocenters. The standard InChI is InChI=1S/C16H18F2N4O2S/c1-2-19-16(24)22-5-3-4-9(8-22)14(23)21-15-20-13-11(18)6-10(17)7-12(13)25-15/h6-7,9H,2-5,8H2,1H3,(H,19,24)(H,20,21,23). The van der Waals surface area contributed by atoms with Gasteiger partial charge in [-0.1, -0.05) is 11.3 Å². The normalized spacial score (nSPS) is 17.6. The highest BCUT2D eigenvalue weighted by molar-refractivity contribution is 7.22. The van der Waals surface area contributed by atoms with Crippen LogP contribution in [0.4, 0.5) is 18.7 Å². The Labute approximate surface area is 147 Å². The number of nitrogens with zero attached hydrogens (tertiary/aromatic N) is 2. The molecule has 1 fully saturated rings. The van der Waals surface area contributed by atoms with Crippen molar-refractivity contribution >= 4 is 38.6 Å². The molecule has 1 unspecified atom stereocenters. The third kappa shape index (κ3) is 3.87. The van der Waals surface area contributed by atoms with E-state index in [-0.39, 0.29) is 28.5 Å². The third-order valence-corrected chi connectivity index (χ3v) is 4.97. The monoisotopic (exact) mass is 368 g/mol. The van der Waals surface area contributed by atoms with Crippen molar-refractivity contribution in [3.63, 3.8) is 0 Å². The number of rotatable bonds is 3. The molecular weight excluding hydrogens is 350 g/mol. The fourth-order valence-electron chi connectivity index (χ4n) is 2.86. The van der Waals surface area contributed by atoms with Crippen LogP contribution in [0, 0.1) is 17.6 Å². The van der Waals surface area contributed by atoms with Crippen LogP contribution in [-0.4, -0.2) is 41.5 Å². The molecule has 1 aromatic heterocycles. The van der Waals surface area contributed by atoms with E-state index in [1.54, 1.807) is 4.90 Å². The summed E-state index contributed by atoms with van der Waals surface area (Å²) in [5, 5.41) is 5.60. The molecule has 9 heteroatoms. The Morgan fingerprint density at radius 3 is 2.96 bits per heavy atom. The van der Waals surface area contributed by atoms with E-state index < -0.39 is 11.6 Å². The molecule has 0 spiro atoms. The van der Waals surface area contributed by atoms with E-state index in [2.05, 4.69) is 15.6 Å². The zero-order chi connectivity index (χ0) is 18.0. The maximum absolute atomic E-state index is 13.7. The third-order valence-electron chi connectivity index (χ3n) is 4.05. The van der Waals surface area contributed by atoms with Crippen molar-refractivity contribution in [2.75, 3.05) is 25.0 Å². The molecule has 0 aliphatic carbocycles. The number of thiazole rings is 1. The molecule has 3 rings (SSSR count). The number of anilines is 1. The molecule has 1 aliphatic heterocycles. The predicted molar refractivity (Wildman–Crippen MR) is 91.5 cm³/mol. The summed E-state index contributed by atoms with van der Waals surface area (Å²) < 4.78 is 27.3. The van der Waals surface area contributed by atoms with Gasteiger partial charge in [0.25, 0.3) is 0 Å². The predicted octanol–water partition coefficient (Wildman–Crippen LogP) is 2.95. The molecule has 1 aromatic carbocycles. The quantitative estimate of drug-likeness (QED) is 0.875. The van der Waals surface area contributed by atoms with Gasteiger partial charge >= 0.3 is 6.03 Å². The van der Waals surface area contributed by atoms with E-state index in [0.29, 0.717) is 30.8 Å². The van der Waals surface area contributed by atoms with Gasteiger partial charge in [0.2, 0.25) is 5.91 Å². The molecule has 6 nitrogen and oxygen atoms in total. The number of hydrogen-bond donors (Lipinski definition) is 2. The first kappa shape index (κ1) is 17.5. The van der Waals surface area contributed by atoms with Crippen LogP contribution in [0.15, 0.2) is 12.1 Å². The minimum Gasteiger partial charge on any atom is -0.338 e. The summed E-state index contributed by atoms with van der Waals surface area (Å²) in [5.41, 5.74) is 0.0364. The van der Waals surface area contributed by atoms with Gasteiger partial charge in [0, 0.05) is 25.7 Å². The number of benzene rings is 1. The molecule has 2 heterocycles. The highest BCUT2D eigenvalue weighted by atomic mass is 32.1. The average Bonchev–Trinajstić information content (AvgIpc) is 2.98. The molecule has 25 heavy (non-hydrogen) atoms. The smallest absolute Gasteiger partial charge is 0.317 e. The Bertz CT molecular complexity index is 811. The van der Waals surface area contributed by atoms with Crippen molar-refractivity contribution in [3.05, 3.63) is 23.8 Å². The van der Waals surface area contributed by atoms with Crippen LogP contribution < -0.4 is 10.6 Å². The first-order valence-electron chi connectivity index (χ1n) is 8.07. The van der Waals surface area contributed by atoms with Crippen LogP contribution in [0.5, 0.6) is 0 Å². The van der Waals surface area contributed by atoms with Crippen molar-refractivity contribution in [2.45, 2.75) is 19.8 Å². The van der Waals surface area contributed by atoms with E-state index in [0.717, 1.165) is 23.8 Å². The average molecular weight is 368 g/mol. The van der Waals surface area contributed by atoms with Crippen molar-refractivity contribution < 1.29 is 18.4 Å². The van der Waals surface area contributed by atoms with Crippen molar-refractivity contribution in [1.82, 2.24) is 15.2 Å². The summed E-state index contributed by atoms with van der Waals surface area (Å²) in [4.78, 5) is 30.0. The first-order valence-corrected chi connectivity index (χ1v) is 8.88. The first-order chi connectivity index (χ1) is 12.0. The molecule has 2 aromatic rings. The van der Waals surface area contributed by atoms with Crippen LogP contribution in [0.25, 0.3) is 10.2 Å². The Kier molecular flexibility index (Phi) is 5.12. The van der Waals surface area contributed by atoms with Gasteiger partial charge in [-0.15, -0.1) is 0 Å². The van der Waals surface area contributed by atoms with E-state index in [4.69, 9.17) is 0 Å². The Hall–Kier alpha value is -2.29. The van der Waals surface area contributed by atoms with Gasteiger partial charge in [0.05, 0.1) is 10.6 Å². The number of nitrogens with one attached hydrogen (secondary N) is 2. The summed E-state index contributed by atoms with van der Waals surface area (Å²) in [6.07, 6.45) is 1.39. The lowest BCUT2D eigenvalue weighted by Gasteiger charge is -2.31. The number of urea groups is 1. The van der Waals surface area contributed by atoms with Gasteiger partial charge in [-0.05, 0) is 25.8 Å². The van der Waals surface area contributed by atoms with E-state index in [1.165, 1.54) is 6.07 Å². The zero-order valence-corrected chi connectivity index (χ0v) is 14.5. The fraction of sp³-hybridized carbons (Fsp3) is 0.438. The zero-order valence-electron chi connectivity index (χ0n) is 13.6. The lowest BCUT2D eigenvalue weighted by atomic mass is 9.97. The Balaban J connectivity index is 1.69. The Morgan fingerprint density at radius 2 is 2.20 bits per heavy atom. The second-order valence-electron chi connectivity index (χ2n) is 5.86. The molecule has 3 amide bonds. The van der Waals surface area contributed by atoms with Gasteiger partial charge in [0.1, 0.15) is 11.3 Å². The van der Waals surface area contributed by atoms with Crippen molar-refractivity contribution in [1.29, 1.82) is 0 Å². The highest BCUT2D eigenvalue weighted by Gasteiger charge is 2.28. The number of aromatic nitrogens is 1. The molecule has 0 saturated carbocycles. The summed E-state index contributed by atoms with van der Waals surface area (Å²) in [6, 6.07) is 1.76. The SMILES string of the molecule is CCNC(=O)N1CCCC(C(=O)Nc2nc3c(F)cc(F)cc3s2)C1. The molecule has 0 bridgehead atoms. The maximum atomic E-state index is 13.7. The van der Waals surface area contributed by atoms with Crippen LogP contribution in [0.1, 0.15) is 19.8 Å².